The normalized spacial score (nSPS) is 22.1. The van der Waals surface area contributed by atoms with Crippen LogP contribution in [0.3, 0.4) is 0 Å². The highest BCUT2D eigenvalue weighted by molar-refractivity contribution is 7.19. The lowest BCUT2D eigenvalue weighted by Gasteiger charge is -2.35. The van der Waals surface area contributed by atoms with E-state index in [1.54, 1.807) is 11.3 Å². The van der Waals surface area contributed by atoms with E-state index < -0.39 is 0 Å². The van der Waals surface area contributed by atoms with Gasteiger partial charge in [0.25, 0.3) is 0 Å². The lowest BCUT2D eigenvalue weighted by molar-refractivity contribution is -0.122. The molecule has 0 radical (unpaired) electrons. The summed E-state index contributed by atoms with van der Waals surface area (Å²) in [5.74, 6) is 0.702. The van der Waals surface area contributed by atoms with Gasteiger partial charge in [-0.15, -0.1) is 0 Å². The summed E-state index contributed by atoms with van der Waals surface area (Å²) in [6, 6.07) is 4.21. The standard InChI is InChI=1S/C23H32N4O2S/c1-14-8-19(9-15(2)25-14)22-20(11-24-21(28)10-18-6-5-7-18)26-23(30-22)27-12-16(3)29-17(4)13-27/h8-9,16-18H,5-7,10-13H2,1-4H3,(H,24,28)/t16-,17+. The van der Waals surface area contributed by atoms with Crippen LogP contribution < -0.4 is 10.2 Å². The van der Waals surface area contributed by atoms with Gasteiger partial charge in [0.15, 0.2) is 5.13 Å². The molecule has 2 aliphatic rings. The number of nitrogens with zero attached hydrogens (tertiary/aromatic N) is 3. The third-order valence-electron chi connectivity index (χ3n) is 5.87. The first-order chi connectivity index (χ1) is 14.4. The average molecular weight is 429 g/mol. The van der Waals surface area contributed by atoms with Gasteiger partial charge in [-0.05, 0) is 64.2 Å². The zero-order chi connectivity index (χ0) is 21.3. The Morgan fingerprint density at radius 2 is 1.83 bits per heavy atom. The summed E-state index contributed by atoms with van der Waals surface area (Å²) >= 11 is 1.70. The van der Waals surface area contributed by atoms with Crippen molar-refractivity contribution >= 4 is 22.4 Å². The number of rotatable bonds is 6. The lowest BCUT2D eigenvalue weighted by Crippen LogP contribution is -2.45. The topological polar surface area (TPSA) is 67.3 Å². The van der Waals surface area contributed by atoms with Gasteiger partial charge in [-0.3, -0.25) is 9.78 Å². The van der Waals surface area contributed by atoms with Gasteiger partial charge >= 0.3 is 0 Å². The highest BCUT2D eigenvalue weighted by Gasteiger charge is 2.26. The predicted molar refractivity (Wildman–Crippen MR) is 121 cm³/mol. The monoisotopic (exact) mass is 428 g/mol. The molecule has 1 saturated carbocycles. The maximum atomic E-state index is 12.4. The van der Waals surface area contributed by atoms with Crippen molar-refractivity contribution in [3.05, 3.63) is 29.2 Å². The summed E-state index contributed by atoms with van der Waals surface area (Å²) in [6.07, 6.45) is 4.62. The Hall–Kier alpha value is -1.99. The van der Waals surface area contributed by atoms with E-state index in [9.17, 15) is 4.79 Å². The number of carbonyl (C=O) groups is 1. The molecule has 162 valence electrons. The number of hydrogen-bond acceptors (Lipinski definition) is 6. The van der Waals surface area contributed by atoms with Gasteiger partial charge in [-0.2, -0.15) is 0 Å². The lowest BCUT2D eigenvalue weighted by atomic mass is 9.83. The molecule has 0 bridgehead atoms. The minimum absolute atomic E-state index is 0.135. The first-order valence-corrected chi connectivity index (χ1v) is 11.8. The Morgan fingerprint density at radius 1 is 1.17 bits per heavy atom. The van der Waals surface area contributed by atoms with Crippen LogP contribution in [0, 0.1) is 19.8 Å². The maximum absolute atomic E-state index is 12.4. The number of amides is 1. The second kappa shape index (κ2) is 9.02. The maximum Gasteiger partial charge on any atom is 0.220 e. The Bertz CT molecular complexity index is 878. The molecule has 3 heterocycles. The van der Waals surface area contributed by atoms with Crippen molar-refractivity contribution in [2.24, 2.45) is 5.92 Å². The smallest absolute Gasteiger partial charge is 0.220 e. The zero-order valence-electron chi connectivity index (χ0n) is 18.4. The van der Waals surface area contributed by atoms with Crippen LogP contribution in [0.5, 0.6) is 0 Å². The summed E-state index contributed by atoms with van der Waals surface area (Å²) in [4.78, 5) is 25.3. The number of hydrogen-bond donors (Lipinski definition) is 1. The van der Waals surface area contributed by atoms with Gasteiger partial charge in [-0.1, -0.05) is 17.8 Å². The number of morpholine rings is 1. The largest absolute Gasteiger partial charge is 0.372 e. The fraction of sp³-hybridized carbons (Fsp3) is 0.609. The minimum Gasteiger partial charge on any atom is -0.372 e. The van der Waals surface area contributed by atoms with Crippen molar-refractivity contribution in [3.8, 4) is 10.4 Å². The van der Waals surface area contributed by atoms with Crippen molar-refractivity contribution < 1.29 is 9.53 Å². The van der Waals surface area contributed by atoms with E-state index in [4.69, 9.17) is 9.72 Å². The second-order valence-electron chi connectivity index (χ2n) is 8.85. The van der Waals surface area contributed by atoms with E-state index in [0.29, 0.717) is 18.9 Å². The molecule has 2 atom stereocenters. The van der Waals surface area contributed by atoms with Gasteiger partial charge in [-0.25, -0.2) is 4.98 Å². The van der Waals surface area contributed by atoms with Crippen LogP contribution in [-0.2, 0) is 16.1 Å². The van der Waals surface area contributed by atoms with Crippen LogP contribution in [0.2, 0.25) is 0 Å². The molecule has 4 rings (SSSR count). The highest BCUT2D eigenvalue weighted by atomic mass is 32.1. The number of carbonyl (C=O) groups excluding carboxylic acids is 1. The quantitative estimate of drug-likeness (QED) is 0.745. The molecule has 1 aliphatic heterocycles. The molecule has 1 aliphatic carbocycles. The van der Waals surface area contributed by atoms with Crippen LogP contribution in [-0.4, -0.2) is 41.2 Å². The van der Waals surface area contributed by atoms with Crippen LogP contribution in [0.4, 0.5) is 5.13 Å². The third kappa shape index (κ3) is 5.01. The molecule has 1 amide bonds. The first-order valence-electron chi connectivity index (χ1n) is 11.0. The number of nitrogens with one attached hydrogen (secondary N) is 1. The SMILES string of the molecule is Cc1cc(-c2sc(N3C[C@@H](C)O[C@@H](C)C3)nc2CNC(=O)CC2CCC2)cc(C)n1. The molecular formula is C23H32N4O2S. The molecule has 2 aromatic rings. The van der Waals surface area contributed by atoms with Gasteiger partial charge in [0.05, 0.1) is 29.3 Å². The van der Waals surface area contributed by atoms with Crippen LogP contribution in [0.15, 0.2) is 12.1 Å². The molecule has 2 fully saturated rings. The summed E-state index contributed by atoms with van der Waals surface area (Å²) in [5.41, 5.74) is 4.05. The van der Waals surface area contributed by atoms with Crippen molar-refractivity contribution in [1.29, 1.82) is 0 Å². The molecule has 1 N–H and O–H groups in total. The Morgan fingerprint density at radius 3 is 2.43 bits per heavy atom. The second-order valence-corrected chi connectivity index (χ2v) is 9.83. The fourth-order valence-electron chi connectivity index (χ4n) is 4.33. The first kappa shape index (κ1) is 21.2. The van der Waals surface area contributed by atoms with Crippen LogP contribution in [0.25, 0.3) is 10.4 Å². The predicted octanol–water partition coefficient (Wildman–Crippen LogP) is 4.24. The van der Waals surface area contributed by atoms with E-state index in [0.717, 1.165) is 45.7 Å². The number of anilines is 1. The fourth-order valence-corrected chi connectivity index (χ4v) is 5.42. The van der Waals surface area contributed by atoms with Gasteiger partial charge in [0.2, 0.25) is 5.91 Å². The van der Waals surface area contributed by atoms with Gasteiger partial charge in [0.1, 0.15) is 0 Å². The molecule has 1 saturated heterocycles. The molecule has 0 spiro atoms. The third-order valence-corrected chi connectivity index (χ3v) is 7.08. The summed E-state index contributed by atoms with van der Waals surface area (Å²) in [5, 5.41) is 4.12. The molecule has 6 nitrogen and oxygen atoms in total. The Balaban J connectivity index is 1.58. The van der Waals surface area contributed by atoms with E-state index in [1.165, 1.54) is 19.3 Å². The van der Waals surface area contributed by atoms with Crippen molar-refractivity contribution in [2.45, 2.75) is 72.1 Å². The van der Waals surface area contributed by atoms with Gasteiger partial charge in [0, 0.05) is 30.9 Å². The highest BCUT2D eigenvalue weighted by Crippen LogP contribution is 2.37. The van der Waals surface area contributed by atoms with E-state index in [2.05, 4.69) is 41.2 Å². The Labute approximate surface area is 183 Å². The average Bonchev–Trinajstić information content (AvgIpc) is 3.06. The molecule has 7 heteroatoms. The Kier molecular flexibility index (Phi) is 6.39. The van der Waals surface area contributed by atoms with Crippen LogP contribution in [0.1, 0.15) is 56.6 Å². The van der Waals surface area contributed by atoms with E-state index in [1.807, 2.05) is 13.8 Å². The van der Waals surface area contributed by atoms with Crippen molar-refractivity contribution in [1.82, 2.24) is 15.3 Å². The zero-order valence-corrected chi connectivity index (χ0v) is 19.2. The van der Waals surface area contributed by atoms with Crippen LogP contribution >= 0.6 is 11.3 Å². The summed E-state index contributed by atoms with van der Waals surface area (Å²) < 4.78 is 5.89. The van der Waals surface area contributed by atoms with Crippen molar-refractivity contribution in [3.63, 3.8) is 0 Å². The number of pyridine rings is 1. The number of aryl methyl sites for hydroxylation is 2. The number of aromatic nitrogens is 2. The summed E-state index contributed by atoms with van der Waals surface area (Å²) in [7, 11) is 0. The van der Waals surface area contributed by atoms with E-state index in [-0.39, 0.29) is 18.1 Å². The number of thiazole rings is 1. The molecule has 2 aromatic heterocycles. The molecule has 30 heavy (non-hydrogen) atoms. The summed E-state index contributed by atoms with van der Waals surface area (Å²) in [6.45, 7) is 10.4. The molecular weight excluding hydrogens is 396 g/mol. The molecule has 0 aromatic carbocycles. The van der Waals surface area contributed by atoms with E-state index >= 15 is 0 Å². The number of ether oxygens (including phenoxy) is 1. The minimum atomic E-state index is 0.135. The van der Waals surface area contributed by atoms with Gasteiger partial charge < -0.3 is 15.0 Å². The van der Waals surface area contributed by atoms with Crippen molar-refractivity contribution in [2.75, 3.05) is 18.0 Å². The molecule has 0 unspecified atom stereocenters.